The molecule has 0 N–H and O–H groups in total. The molecule has 7 nitrogen and oxygen atoms in total. The van der Waals surface area contributed by atoms with Gasteiger partial charge in [-0.1, -0.05) is 18.2 Å². The van der Waals surface area contributed by atoms with E-state index < -0.39 is 17.4 Å². The van der Waals surface area contributed by atoms with Crippen molar-refractivity contribution in [1.29, 1.82) is 0 Å². The fourth-order valence-electron chi connectivity index (χ4n) is 3.86. The first kappa shape index (κ1) is 22.6. The van der Waals surface area contributed by atoms with Crippen LogP contribution in [0.1, 0.15) is 39.0 Å². The molecule has 1 aliphatic heterocycles. The molecule has 0 unspecified atom stereocenters. The van der Waals surface area contributed by atoms with Crippen LogP contribution >= 0.6 is 0 Å². The molecule has 0 amide bonds. The van der Waals surface area contributed by atoms with Crippen LogP contribution in [0.2, 0.25) is 0 Å². The number of benzene rings is 2. The van der Waals surface area contributed by atoms with E-state index in [2.05, 4.69) is 10.1 Å². The van der Waals surface area contributed by atoms with Crippen molar-refractivity contribution in [3.63, 3.8) is 0 Å². The van der Waals surface area contributed by atoms with Gasteiger partial charge in [-0.25, -0.2) is 9.07 Å². The standard InChI is InChI=1S/C25H26FN3O4/c1-5-32-22-13-20-15(11-19(22)26)10-16(27-20)12-21-17-8-6-7-9-18(17)24(31)29(28-21)14-23(30)33-25(2,3)4/h6-9,11,13H,5,10,12,14H2,1-4H3. The molecular formula is C25H26FN3O4. The van der Waals surface area contributed by atoms with Gasteiger partial charge in [0.15, 0.2) is 11.6 Å². The second-order valence-corrected chi connectivity index (χ2v) is 8.92. The Morgan fingerprint density at radius 3 is 2.61 bits per heavy atom. The van der Waals surface area contributed by atoms with E-state index in [-0.39, 0.29) is 17.9 Å². The van der Waals surface area contributed by atoms with Crippen LogP contribution in [0.4, 0.5) is 10.1 Å². The Morgan fingerprint density at radius 2 is 1.91 bits per heavy atom. The molecule has 0 bridgehead atoms. The van der Waals surface area contributed by atoms with Crippen molar-refractivity contribution >= 4 is 28.1 Å². The lowest BCUT2D eigenvalue weighted by Crippen LogP contribution is -2.32. The monoisotopic (exact) mass is 451 g/mol. The number of hydrogen-bond donors (Lipinski definition) is 0. The van der Waals surface area contributed by atoms with Crippen LogP contribution < -0.4 is 10.3 Å². The largest absolute Gasteiger partial charge is 0.491 e. The normalized spacial score (nSPS) is 13.1. The van der Waals surface area contributed by atoms with Crippen LogP contribution in [0.25, 0.3) is 10.8 Å². The molecule has 0 saturated heterocycles. The summed E-state index contributed by atoms with van der Waals surface area (Å²) in [5.74, 6) is -0.778. The molecule has 0 fully saturated rings. The van der Waals surface area contributed by atoms with E-state index in [1.807, 2.05) is 12.1 Å². The zero-order valence-electron chi connectivity index (χ0n) is 19.1. The lowest BCUT2D eigenvalue weighted by Gasteiger charge is -2.19. The smallest absolute Gasteiger partial charge is 0.328 e. The minimum Gasteiger partial charge on any atom is -0.491 e. The van der Waals surface area contributed by atoms with Crippen LogP contribution in [0.15, 0.2) is 46.2 Å². The molecule has 2 aromatic carbocycles. The summed E-state index contributed by atoms with van der Waals surface area (Å²) in [4.78, 5) is 29.9. The van der Waals surface area contributed by atoms with E-state index in [1.54, 1.807) is 45.9 Å². The zero-order valence-corrected chi connectivity index (χ0v) is 19.1. The summed E-state index contributed by atoms with van der Waals surface area (Å²) in [5, 5.41) is 5.65. The summed E-state index contributed by atoms with van der Waals surface area (Å²) < 4.78 is 26.1. The van der Waals surface area contributed by atoms with Gasteiger partial charge in [0.25, 0.3) is 5.56 Å². The van der Waals surface area contributed by atoms with Gasteiger partial charge in [0.1, 0.15) is 12.1 Å². The summed E-state index contributed by atoms with van der Waals surface area (Å²) >= 11 is 0. The second-order valence-electron chi connectivity index (χ2n) is 8.92. The average molecular weight is 451 g/mol. The Hall–Kier alpha value is -3.55. The maximum atomic E-state index is 14.3. The summed E-state index contributed by atoms with van der Waals surface area (Å²) in [6.07, 6.45) is 0.829. The molecule has 3 aromatic rings. The average Bonchev–Trinajstić information content (AvgIpc) is 3.11. The number of fused-ring (bicyclic) bond motifs is 2. The number of aliphatic imine (C=N–C) groups is 1. The van der Waals surface area contributed by atoms with E-state index in [1.165, 1.54) is 6.07 Å². The Labute approximate surface area is 190 Å². The molecule has 0 radical (unpaired) electrons. The molecule has 172 valence electrons. The second kappa shape index (κ2) is 8.77. The Balaban J connectivity index is 1.67. The van der Waals surface area contributed by atoms with Gasteiger partial charge in [-0.05, 0) is 45.4 Å². The molecule has 8 heteroatoms. The molecule has 0 atom stereocenters. The molecule has 4 rings (SSSR count). The van der Waals surface area contributed by atoms with Crippen molar-refractivity contribution in [2.45, 2.75) is 52.7 Å². The van der Waals surface area contributed by atoms with Crippen molar-refractivity contribution < 1.29 is 18.7 Å². The molecule has 2 heterocycles. The third-order valence-electron chi connectivity index (χ3n) is 5.12. The van der Waals surface area contributed by atoms with E-state index in [0.717, 1.165) is 16.0 Å². The summed E-state index contributed by atoms with van der Waals surface area (Å²) in [6, 6.07) is 10.2. The molecule has 0 saturated carbocycles. The molecular weight excluding hydrogens is 425 g/mol. The minimum absolute atomic E-state index is 0.177. The number of nitrogens with zero attached hydrogens (tertiary/aromatic N) is 3. The van der Waals surface area contributed by atoms with Crippen LogP contribution in [0.3, 0.4) is 0 Å². The predicted octanol–water partition coefficient (Wildman–Crippen LogP) is 4.15. The fourth-order valence-corrected chi connectivity index (χ4v) is 3.86. The van der Waals surface area contributed by atoms with Gasteiger partial charge in [0.05, 0.1) is 23.4 Å². The summed E-state index contributed by atoms with van der Waals surface area (Å²) in [7, 11) is 0. The number of carbonyl (C=O) groups is 1. The van der Waals surface area contributed by atoms with Gasteiger partial charge in [-0.2, -0.15) is 5.10 Å². The highest BCUT2D eigenvalue weighted by molar-refractivity contribution is 5.97. The number of halogens is 1. The van der Waals surface area contributed by atoms with Crippen molar-refractivity contribution in [2.24, 2.45) is 4.99 Å². The first-order chi connectivity index (χ1) is 15.6. The number of carbonyl (C=O) groups excluding carboxylic acids is 1. The minimum atomic E-state index is -0.666. The van der Waals surface area contributed by atoms with Gasteiger partial charge < -0.3 is 9.47 Å². The van der Waals surface area contributed by atoms with E-state index in [4.69, 9.17) is 9.47 Å². The number of rotatable bonds is 6. The van der Waals surface area contributed by atoms with Crippen LogP contribution in [-0.4, -0.2) is 33.7 Å². The number of aromatic nitrogens is 2. The molecule has 0 spiro atoms. The highest BCUT2D eigenvalue weighted by atomic mass is 19.1. The molecule has 0 aliphatic carbocycles. The van der Waals surface area contributed by atoms with Crippen molar-refractivity contribution in [3.05, 3.63) is 63.8 Å². The number of ether oxygens (including phenoxy) is 2. The topological polar surface area (TPSA) is 82.8 Å². The highest BCUT2D eigenvalue weighted by Gasteiger charge is 2.22. The van der Waals surface area contributed by atoms with Crippen molar-refractivity contribution in [3.8, 4) is 5.75 Å². The third kappa shape index (κ3) is 4.94. The highest BCUT2D eigenvalue weighted by Crippen LogP contribution is 2.34. The predicted molar refractivity (Wildman–Crippen MR) is 124 cm³/mol. The van der Waals surface area contributed by atoms with Crippen LogP contribution in [-0.2, 0) is 28.9 Å². The first-order valence-corrected chi connectivity index (χ1v) is 10.9. The Kier molecular flexibility index (Phi) is 6.01. The summed E-state index contributed by atoms with van der Waals surface area (Å²) in [5.41, 5.74) is 1.82. The zero-order chi connectivity index (χ0) is 23.8. The van der Waals surface area contributed by atoms with Crippen molar-refractivity contribution in [1.82, 2.24) is 9.78 Å². The van der Waals surface area contributed by atoms with Crippen molar-refractivity contribution in [2.75, 3.05) is 6.61 Å². The quantitative estimate of drug-likeness (QED) is 0.526. The van der Waals surface area contributed by atoms with E-state index in [0.29, 0.717) is 41.6 Å². The van der Waals surface area contributed by atoms with E-state index in [9.17, 15) is 14.0 Å². The van der Waals surface area contributed by atoms with Crippen LogP contribution in [0, 0.1) is 5.82 Å². The Bertz CT molecular complexity index is 1320. The van der Waals surface area contributed by atoms with Gasteiger partial charge >= 0.3 is 5.97 Å². The fraction of sp³-hybridized carbons (Fsp3) is 0.360. The Morgan fingerprint density at radius 1 is 1.18 bits per heavy atom. The number of hydrogen-bond acceptors (Lipinski definition) is 6. The maximum Gasteiger partial charge on any atom is 0.328 e. The van der Waals surface area contributed by atoms with E-state index >= 15 is 0 Å². The lowest BCUT2D eigenvalue weighted by molar-refractivity contribution is -0.155. The maximum absolute atomic E-state index is 14.3. The molecule has 1 aromatic heterocycles. The SMILES string of the molecule is CCOc1cc2c(cc1F)CC(Cc1nn(CC(=O)OC(C)(C)C)c(=O)c3ccccc13)=N2. The summed E-state index contributed by atoms with van der Waals surface area (Å²) in [6.45, 7) is 7.17. The van der Waals surface area contributed by atoms with Gasteiger partial charge in [0, 0.05) is 30.0 Å². The van der Waals surface area contributed by atoms with Gasteiger partial charge in [-0.15, -0.1) is 0 Å². The molecule has 33 heavy (non-hydrogen) atoms. The van der Waals surface area contributed by atoms with Gasteiger partial charge in [0.2, 0.25) is 0 Å². The molecule has 1 aliphatic rings. The van der Waals surface area contributed by atoms with Crippen LogP contribution in [0.5, 0.6) is 5.75 Å². The van der Waals surface area contributed by atoms with Gasteiger partial charge in [-0.3, -0.25) is 14.6 Å². The number of esters is 1. The first-order valence-electron chi connectivity index (χ1n) is 10.9. The lowest BCUT2D eigenvalue weighted by atomic mass is 10.0. The third-order valence-corrected chi connectivity index (χ3v) is 5.12.